The minimum Gasteiger partial charge on any atom is -0.475 e. The first-order valence-electron chi connectivity index (χ1n) is 3.59. The van der Waals surface area contributed by atoms with Crippen LogP contribution in [0.5, 0.6) is 5.75 Å². The van der Waals surface area contributed by atoms with E-state index in [1.54, 1.807) is 6.42 Å². The van der Waals surface area contributed by atoms with Crippen molar-refractivity contribution in [2.45, 2.75) is 13.2 Å². The maximum absolute atomic E-state index is 5.53. The van der Waals surface area contributed by atoms with E-state index in [4.69, 9.17) is 10.5 Å². The topological polar surface area (TPSA) is 35.2 Å². The largest absolute Gasteiger partial charge is 0.475 e. The molecule has 0 aromatic heterocycles. The van der Waals surface area contributed by atoms with Crippen molar-refractivity contribution in [3.05, 3.63) is 36.8 Å². The average molecular weight is 150 g/mol. The van der Waals surface area contributed by atoms with E-state index in [-0.39, 0.29) is 6.23 Å². The molecule has 1 unspecified atom stereocenters. The fourth-order valence-corrected chi connectivity index (χ4v) is 0.724. The molecule has 0 fully saturated rings. The van der Waals surface area contributed by atoms with Crippen LogP contribution in [-0.2, 0) is 0 Å². The Hall–Kier alpha value is -1.02. The molecule has 1 aromatic rings. The van der Waals surface area contributed by atoms with E-state index >= 15 is 0 Å². The zero-order valence-electron chi connectivity index (χ0n) is 6.53. The lowest BCUT2D eigenvalue weighted by Crippen LogP contribution is -2.26. The molecule has 59 valence electrons. The molecule has 0 saturated carbocycles. The number of benzene rings is 1. The van der Waals surface area contributed by atoms with Crippen LogP contribution in [0.15, 0.2) is 30.3 Å². The zero-order chi connectivity index (χ0) is 8.10. The third-order valence-electron chi connectivity index (χ3n) is 1.34. The maximum Gasteiger partial charge on any atom is 0.150 e. The maximum atomic E-state index is 5.53. The van der Waals surface area contributed by atoms with Gasteiger partial charge >= 0.3 is 0 Å². The first-order chi connectivity index (χ1) is 5.33. The third kappa shape index (κ3) is 2.60. The van der Waals surface area contributed by atoms with Crippen LogP contribution in [0.2, 0.25) is 0 Å². The van der Waals surface area contributed by atoms with Gasteiger partial charge < -0.3 is 4.74 Å². The lowest BCUT2D eigenvalue weighted by atomic mass is 10.3. The minimum atomic E-state index is -0.308. The van der Waals surface area contributed by atoms with Gasteiger partial charge in [-0.15, -0.1) is 0 Å². The van der Waals surface area contributed by atoms with Crippen LogP contribution < -0.4 is 10.5 Å². The highest BCUT2D eigenvalue weighted by molar-refractivity contribution is 5.21. The second-order valence-corrected chi connectivity index (χ2v) is 2.23. The molecule has 2 heteroatoms. The molecule has 0 aliphatic carbocycles. The third-order valence-corrected chi connectivity index (χ3v) is 1.34. The zero-order valence-corrected chi connectivity index (χ0v) is 6.53. The van der Waals surface area contributed by atoms with Gasteiger partial charge in [0.05, 0.1) is 0 Å². The molecule has 1 atom stereocenters. The van der Waals surface area contributed by atoms with Gasteiger partial charge in [0.15, 0.2) is 6.23 Å². The highest BCUT2D eigenvalue weighted by atomic mass is 16.5. The molecule has 0 saturated heterocycles. The molecule has 0 heterocycles. The van der Waals surface area contributed by atoms with E-state index in [1.807, 2.05) is 37.3 Å². The lowest BCUT2D eigenvalue weighted by molar-refractivity contribution is 0.242. The molecule has 11 heavy (non-hydrogen) atoms. The molecule has 2 nitrogen and oxygen atoms in total. The summed E-state index contributed by atoms with van der Waals surface area (Å²) in [6.45, 7) is 1.87. The van der Waals surface area contributed by atoms with E-state index in [0.29, 0.717) is 0 Å². The van der Waals surface area contributed by atoms with Gasteiger partial charge in [-0.3, -0.25) is 5.73 Å². The minimum absolute atomic E-state index is 0.308. The van der Waals surface area contributed by atoms with Gasteiger partial charge in [-0.05, 0) is 12.1 Å². The normalized spacial score (nSPS) is 12.5. The first kappa shape index (κ1) is 8.08. The van der Waals surface area contributed by atoms with E-state index in [9.17, 15) is 0 Å². The van der Waals surface area contributed by atoms with Crippen LogP contribution in [0.25, 0.3) is 0 Å². The van der Waals surface area contributed by atoms with E-state index in [1.165, 1.54) is 0 Å². The molecule has 0 bridgehead atoms. The molecule has 2 N–H and O–H groups in total. The van der Waals surface area contributed by atoms with Gasteiger partial charge in [0.25, 0.3) is 0 Å². The number of hydrogen-bond acceptors (Lipinski definition) is 2. The Morgan fingerprint density at radius 3 is 2.55 bits per heavy atom. The van der Waals surface area contributed by atoms with Crippen LogP contribution in [0, 0.1) is 6.42 Å². The summed E-state index contributed by atoms with van der Waals surface area (Å²) in [5.41, 5.74) is 5.53. The number of hydrogen-bond donors (Lipinski definition) is 1. The monoisotopic (exact) mass is 150 g/mol. The van der Waals surface area contributed by atoms with Crippen molar-refractivity contribution in [1.82, 2.24) is 0 Å². The Kier molecular flexibility index (Phi) is 2.93. The standard InChI is InChI=1S/C9H12NO/c1-2-9(10)11-8-6-4-3-5-7-8/h2-7,9H,10H2,1H3. The van der Waals surface area contributed by atoms with Gasteiger partial charge in [0.2, 0.25) is 0 Å². The lowest BCUT2D eigenvalue weighted by Gasteiger charge is -2.11. The molecule has 0 amide bonds. The molecule has 0 spiro atoms. The average Bonchev–Trinajstić information content (AvgIpc) is 2.06. The number of nitrogens with two attached hydrogens (primary N) is 1. The van der Waals surface area contributed by atoms with Crippen molar-refractivity contribution in [2.24, 2.45) is 5.73 Å². The molecule has 1 radical (unpaired) electrons. The van der Waals surface area contributed by atoms with E-state index in [2.05, 4.69) is 0 Å². The number of ether oxygens (including phenoxy) is 1. The summed E-state index contributed by atoms with van der Waals surface area (Å²) in [6, 6.07) is 9.52. The summed E-state index contributed by atoms with van der Waals surface area (Å²) in [4.78, 5) is 0. The van der Waals surface area contributed by atoms with Crippen LogP contribution in [0.1, 0.15) is 6.92 Å². The molecule has 0 aliphatic heterocycles. The van der Waals surface area contributed by atoms with Crippen LogP contribution in [-0.4, -0.2) is 6.23 Å². The van der Waals surface area contributed by atoms with Crippen LogP contribution >= 0.6 is 0 Å². The summed E-state index contributed by atoms with van der Waals surface area (Å²) in [6.07, 6.45) is 1.49. The van der Waals surface area contributed by atoms with E-state index < -0.39 is 0 Å². The smallest absolute Gasteiger partial charge is 0.150 e. The Labute approximate surface area is 67.0 Å². The quantitative estimate of drug-likeness (QED) is 0.664. The van der Waals surface area contributed by atoms with E-state index in [0.717, 1.165) is 5.75 Å². The van der Waals surface area contributed by atoms with Gasteiger partial charge in [-0.1, -0.05) is 25.1 Å². The Morgan fingerprint density at radius 1 is 1.36 bits per heavy atom. The van der Waals surface area contributed by atoms with Crippen molar-refractivity contribution in [3.63, 3.8) is 0 Å². The Morgan fingerprint density at radius 2 is 2.00 bits per heavy atom. The highest BCUT2D eigenvalue weighted by Gasteiger charge is 1.98. The molecule has 1 rings (SSSR count). The van der Waals surface area contributed by atoms with Crippen molar-refractivity contribution in [2.75, 3.05) is 0 Å². The molecule has 0 aliphatic rings. The molecule has 1 aromatic carbocycles. The highest BCUT2D eigenvalue weighted by Crippen LogP contribution is 2.09. The van der Waals surface area contributed by atoms with Gasteiger partial charge in [-0.2, -0.15) is 0 Å². The number of rotatable bonds is 3. The Balaban J connectivity index is 2.51. The van der Waals surface area contributed by atoms with Crippen LogP contribution in [0.3, 0.4) is 0 Å². The van der Waals surface area contributed by atoms with Crippen molar-refractivity contribution in [1.29, 1.82) is 0 Å². The number of para-hydroxylation sites is 1. The fourth-order valence-electron chi connectivity index (χ4n) is 0.724. The van der Waals surface area contributed by atoms with Crippen molar-refractivity contribution >= 4 is 0 Å². The van der Waals surface area contributed by atoms with Crippen LogP contribution in [0.4, 0.5) is 0 Å². The van der Waals surface area contributed by atoms with Gasteiger partial charge in [0.1, 0.15) is 5.75 Å². The predicted octanol–water partition coefficient (Wildman–Crippen LogP) is 1.57. The summed E-state index contributed by atoms with van der Waals surface area (Å²) in [5.74, 6) is 0.804. The summed E-state index contributed by atoms with van der Waals surface area (Å²) < 4.78 is 5.29. The summed E-state index contributed by atoms with van der Waals surface area (Å²) >= 11 is 0. The van der Waals surface area contributed by atoms with Gasteiger partial charge in [-0.25, -0.2) is 0 Å². The second-order valence-electron chi connectivity index (χ2n) is 2.23. The molecular weight excluding hydrogens is 138 g/mol. The predicted molar refractivity (Wildman–Crippen MR) is 45.0 cm³/mol. The summed E-state index contributed by atoms with van der Waals surface area (Å²) in [7, 11) is 0. The molecular formula is C9H12NO. The van der Waals surface area contributed by atoms with Gasteiger partial charge in [0, 0.05) is 6.42 Å². The Bertz CT molecular complexity index is 198. The second kappa shape index (κ2) is 3.98. The van der Waals surface area contributed by atoms with Crippen molar-refractivity contribution < 1.29 is 4.74 Å². The first-order valence-corrected chi connectivity index (χ1v) is 3.59. The summed E-state index contributed by atoms with van der Waals surface area (Å²) in [5, 5.41) is 0. The fraction of sp³-hybridized carbons (Fsp3) is 0.222. The van der Waals surface area contributed by atoms with Crippen molar-refractivity contribution in [3.8, 4) is 5.75 Å². The SMILES string of the molecule is C[CH]C(N)Oc1ccccc1.